The van der Waals surface area contributed by atoms with Crippen LogP contribution in [0, 0.1) is 6.92 Å². The van der Waals surface area contributed by atoms with Crippen molar-refractivity contribution in [3.8, 4) is 0 Å². The van der Waals surface area contributed by atoms with Gasteiger partial charge in [-0.3, -0.25) is 9.59 Å². The first kappa shape index (κ1) is 18.3. The van der Waals surface area contributed by atoms with Crippen molar-refractivity contribution in [1.29, 1.82) is 0 Å². The Morgan fingerprint density at radius 3 is 2.68 bits per heavy atom. The summed E-state index contributed by atoms with van der Waals surface area (Å²) in [6.45, 7) is 1.75. The molecule has 0 saturated carbocycles. The highest BCUT2D eigenvalue weighted by atomic mass is 32.2. The van der Waals surface area contributed by atoms with E-state index in [1.165, 1.54) is 11.8 Å². The third-order valence-electron chi connectivity index (χ3n) is 4.49. The molecular weight excluding hydrogens is 372 g/mol. The van der Waals surface area contributed by atoms with Gasteiger partial charge in [0.05, 0.1) is 16.3 Å². The number of thioether (sulfide) groups is 1. The van der Waals surface area contributed by atoms with Crippen molar-refractivity contribution in [2.24, 2.45) is 0 Å². The predicted octanol–water partition coefficient (Wildman–Crippen LogP) is 4.54. The number of hydrogen-bond donors (Lipinski definition) is 1. The number of ketones is 1. The molecule has 140 valence electrons. The number of carbonyl (C=O) groups is 2. The number of esters is 1. The van der Waals surface area contributed by atoms with Gasteiger partial charge in [-0.25, -0.2) is 4.98 Å². The molecule has 2 aromatic carbocycles. The zero-order valence-corrected chi connectivity index (χ0v) is 16.1. The smallest absolute Gasteiger partial charge is 0.316 e. The number of nitrogens with one attached hydrogen (secondary N) is 1. The summed E-state index contributed by atoms with van der Waals surface area (Å²) in [6, 6.07) is 17.4. The van der Waals surface area contributed by atoms with Crippen molar-refractivity contribution in [3.63, 3.8) is 0 Å². The number of nitrogens with zero attached hydrogens (tertiary/aromatic N) is 1. The lowest BCUT2D eigenvalue weighted by atomic mass is 10.1. The number of aromatic amines is 1. The van der Waals surface area contributed by atoms with Crippen LogP contribution in [0.5, 0.6) is 0 Å². The molecule has 2 heterocycles. The molecule has 0 aliphatic heterocycles. The average molecular weight is 390 g/mol. The van der Waals surface area contributed by atoms with E-state index in [0.717, 1.165) is 32.4 Å². The summed E-state index contributed by atoms with van der Waals surface area (Å²) >= 11 is 1.31. The zero-order valence-electron chi connectivity index (χ0n) is 15.3. The summed E-state index contributed by atoms with van der Waals surface area (Å²) in [5.41, 5.74) is 3.41. The minimum absolute atomic E-state index is 0.103. The highest BCUT2D eigenvalue weighted by Gasteiger charge is 2.14. The molecule has 4 aromatic rings. The molecular formula is C22H18N2O3S. The molecule has 0 spiro atoms. The summed E-state index contributed by atoms with van der Waals surface area (Å²) < 4.78 is 5.17. The number of H-pyrrole nitrogens is 1. The van der Waals surface area contributed by atoms with Gasteiger partial charge in [0.15, 0.2) is 6.61 Å². The van der Waals surface area contributed by atoms with Crippen molar-refractivity contribution in [2.75, 3.05) is 12.4 Å². The maximum absolute atomic E-state index is 12.4. The molecule has 4 rings (SSSR count). The maximum Gasteiger partial charge on any atom is 0.316 e. The molecule has 2 aromatic heterocycles. The number of para-hydroxylation sites is 2. The SMILES string of the molecule is Cc1cc(SCC(=O)OCC(=O)c2c[nH]c3ccccc23)nc2ccccc12. The van der Waals surface area contributed by atoms with Gasteiger partial charge in [0.25, 0.3) is 0 Å². The fraction of sp³-hybridized carbons (Fsp3) is 0.136. The Morgan fingerprint density at radius 2 is 1.82 bits per heavy atom. The van der Waals surface area contributed by atoms with E-state index in [-0.39, 0.29) is 18.1 Å². The van der Waals surface area contributed by atoms with Crippen molar-refractivity contribution < 1.29 is 14.3 Å². The molecule has 0 saturated heterocycles. The monoisotopic (exact) mass is 390 g/mol. The minimum atomic E-state index is -0.439. The van der Waals surface area contributed by atoms with Gasteiger partial charge in [-0.05, 0) is 30.7 Å². The van der Waals surface area contributed by atoms with Crippen molar-refractivity contribution in [3.05, 3.63) is 71.9 Å². The highest BCUT2D eigenvalue weighted by molar-refractivity contribution is 7.99. The van der Waals surface area contributed by atoms with E-state index in [9.17, 15) is 9.59 Å². The summed E-state index contributed by atoms with van der Waals surface area (Å²) in [4.78, 5) is 32.1. The van der Waals surface area contributed by atoms with E-state index in [4.69, 9.17) is 4.74 Å². The second kappa shape index (κ2) is 7.86. The number of fused-ring (bicyclic) bond motifs is 2. The lowest BCUT2D eigenvalue weighted by Gasteiger charge is -2.06. The third kappa shape index (κ3) is 3.77. The van der Waals surface area contributed by atoms with Crippen molar-refractivity contribution in [2.45, 2.75) is 11.9 Å². The average Bonchev–Trinajstić information content (AvgIpc) is 3.15. The van der Waals surface area contributed by atoms with E-state index in [0.29, 0.717) is 5.56 Å². The predicted molar refractivity (Wildman–Crippen MR) is 111 cm³/mol. The van der Waals surface area contributed by atoms with Gasteiger partial charge in [0, 0.05) is 28.0 Å². The van der Waals surface area contributed by atoms with Crippen LogP contribution in [0.3, 0.4) is 0 Å². The fourth-order valence-electron chi connectivity index (χ4n) is 3.09. The quantitative estimate of drug-likeness (QED) is 0.297. The number of carbonyl (C=O) groups excluding carboxylic acids is 2. The van der Waals surface area contributed by atoms with E-state index < -0.39 is 5.97 Å². The van der Waals surface area contributed by atoms with E-state index >= 15 is 0 Å². The second-order valence-corrected chi connectivity index (χ2v) is 7.41. The first-order valence-electron chi connectivity index (χ1n) is 8.86. The van der Waals surface area contributed by atoms with Gasteiger partial charge < -0.3 is 9.72 Å². The standard InChI is InChI=1S/C22H18N2O3S/c1-14-10-21(24-19-9-5-2-6-15(14)19)28-13-22(26)27-12-20(25)17-11-23-18-8-4-3-7-16(17)18/h2-11,23H,12-13H2,1H3. The van der Waals surface area contributed by atoms with Crippen LogP contribution in [0.1, 0.15) is 15.9 Å². The molecule has 0 bridgehead atoms. The van der Waals surface area contributed by atoms with Crippen LogP contribution in [0.25, 0.3) is 21.8 Å². The minimum Gasteiger partial charge on any atom is -0.457 e. The Balaban J connectivity index is 1.35. The first-order valence-corrected chi connectivity index (χ1v) is 9.84. The molecule has 0 unspecified atom stereocenters. The first-order chi connectivity index (χ1) is 13.6. The molecule has 0 amide bonds. The third-order valence-corrected chi connectivity index (χ3v) is 5.38. The normalized spacial score (nSPS) is 11.0. The fourth-order valence-corrected chi connectivity index (χ4v) is 3.87. The number of aryl methyl sites for hydroxylation is 1. The van der Waals surface area contributed by atoms with Crippen molar-refractivity contribution in [1.82, 2.24) is 9.97 Å². The highest BCUT2D eigenvalue weighted by Crippen LogP contribution is 2.24. The van der Waals surface area contributed by atoms with Gasteiger partial charge >= 0.3 is 5.97 Å². The van der Waals surface area contributed by atoms with E-state index in [1.54, 1.807) is 6.20 Å². The number of ether oxygens (including phenoxy) is 1. The van der Waals surface area contributed by atoms with Crippen LogP contribution in [0.2, 0.25) is 0 Å². The van der Waals surface area contributed by atoms with Crippen LogP contribution in [0.4, 0.5) is 0 Å². The number of hydrogen-bond acceptors (Lipinski definition) is 5. The molecule has 0 atom stereocenters. The summed E-state index contributed by atoms with van der Waals surface area (Å²) in [5, 5.41) is 2.68. The summed E-state index contributed by atoms with van der Waals surface area (Å²) in [7, 11) is 0. The molecule has 0 radical (unpaired) electrons. The van der Waals surface area contributed by atoms with E-state index in [2.05, 4.69) is 9.97 Å². The van der Waals surface area contributed by atoms with Crippen molar-refractivity contribution >= 4 is 45.3 Å². The maximum atomic E-state index is 12.4. The Morgan fingerprint density at radius 1 is 1.07 bits per heavy atom. The topological polar surface area (TPSA) is 72.1 Å². The largest absolute Gasteiger partial charge is 0.457 e. The molecule has 28 heavy (non-hydrogen) atoms. The Hall–Kier alpha value is -3.12. The van der Waals surface area contributed by atoms with Crippen LogP contribution in [0.15, 0.2) is 65.8 Å². The molecule has 6 heteroatoms. The Kier molecular flexibility index (Phi) is 5.12. The number of aromatic nitrogens is 2. The molecule has 0 aliphatic rings. The summed E-state index contributed by atoms with van der Waals surface area (Å²) in [6.07, 6.45) is 1.65. The van der Waals surface area contributed by atoms with Gasteiger partial charge in [0.2, 0.25) is 5.78 Å². The molecule has 0 fully saturated rings. The number of rotatable bonds is 6. The van der Waals surface area contributed by atoms with E-state index in [1.807, 2.05) is 61.5 Å². The number of Topliss-reactive ketones (excluding diaryl/α,β-unsaturated/α-hetero) is 1. The molecule has 0 aliphatic carbocycles. The van der Waals surface area contributed by atoms with Gasteiger partial charge in [-0.2, -0.15) is 0 Å². The Bertz CT molecular complexity index is 1180. The van der Waals surface area contributed by atoms with Crippen LogP contribution in [-0.4, -0.2) is 34.1 Å². The summed E-state index contributed by atoms with van der Waals surface area (Å²) in [5.74, 6) is -0.562. The van der Waals surface area contributed by atoms with Gasteiger partial charge in [-0.15, -0.1) is 0 Å². The van der Waals surface area contributed by atoms with Crippen LogP contribution < -0.4 is 0 Å². The van der Waals surface area contributed by atoms with Crippen LogP contribution >= 0.6 is 11.8 Å². The van der Waals surface area contributed by atoms with Gasteiger partial charge in [-0.1, -0.05) is 48.2 Å². The second-order valence-electron chi connectivity index (χ2n) is 6.42. The molecule has 5 nitrogen and oxygen atoms in total. The lowest BCUT2D eigenvalue weighted by Crippen LogP contribution is -2.15. The van der Waals surface area contributed by atoms with Gasteiger partial charge in [0.1, 0.15) is 0 Å². The number of pyridine rings is 1. The Labute approximate surface area is 166 Å². The lowest BCUT2D eigenvalue weighted by molar-refractivity contribution is -0.139. The van der Waals surface area contributed by atoms with Crippen LogP contribution in [-0.2, 0) is 9.53 Å². The number of benzene rings is 2. The zero-order chi connectivity index (χ0) is 19.5. The molecule has 1 N–H and O–H groups in total.